The molecule has 0 saturated carbocycles. The zero-order valence-corrected chi connectivity index (χ0v) is 25.1. The van der Waals surface area contributed by atoms with Crippen molar-refractivity contribution in [2.45, 2.75) is 0 Å². The van der Waals surface area contributed by atoms with Crippen molar-refractivity contribution in [3.63, 3.8) is 0 Å². The smallest absolute Gasteiger partial charge is 0.223 e. The summed E-state index contributed by atoms with van der Waals surface area (Å²) in [7, 11) is 0. The quantitative estimate of drug-likeness (QED) is 0.198. The van der Waals surface area contributed by atoms with E-state index in [-0.39, 0.29) is 0 Å². The molecule has 0 bridgehead atoms. The lowest BCUT2D eigenvalue weighted by Gasteiger charge is -2.11. The Morgan fingerprint density at radius 1 is 0.340 bits per heavy atom. The maximum atomic E-state index is 5.28. The fourth-order valence-corrected chi connectivity index (χ4v) is 7.53. The fourth-order valence-electron chi connectivity index (χ4n) is 7.53. The summed E-state index contributed by atoms with van der Waals surface area (Å²) < 4.78 is 11.5. The highest BCUT2D eigenvalue weighted by molar-refractivity contribution is 5.96. The van der Waals surface area contributed by atoms with Crippen molar-refractivity contribution in [2.75, 3.05) is 0 Å². The number of hydrogen-bond acceptors (Lipinski definition) is 2. The van der Waals surface area contributed by atoms with E-state index in [9.17, 15) is 0 Å². The summed E-state index contributed by atoms with van der Waals surface area (Å²) in [5.41, 5.74) is 12.7. The van der Waals surface area contributed by atoms with Crippen LogP contribution >= 0.6 is 0 Å². The molecular formula is C40H25N7. The Hall–Kier alpha value is -6.60. The van der Waals surface area contributed by atoms with Gasteiger partial charge in [-0.1, -0.05) is 72.8 Å². The fraction of sp³-hybridized carbons (Fsp3) is 0. The Labute approximate surface area is 267 Å². The highest BCUT2D eigenvalue weighted by Gasteiger charge is 2.20. The molecule has 0 radical (unpaired) electrons. The van der Waals surface area contributed by atoms with Crippen LogP contribution in [0.5, 0.6) is 0 Å². The molecule has 5 aromatic heterocycles. The Kier molecular flexibility index (Phi) is 4.72. The van der Waals surface area contributed by atoms with Crippen LogP contribution in [-0.4, -0.2) is 32.3 Å². The van der Waals surface area contributed by atoms with Crippen molar-refractivity contribution in [2.24, 2.45) is 0 Å². The first-order chi connectivity index (χ1) is 23.3. The normalized spacial score (nSPS) is 12.3. The second-order valence-electron chi connectivity index (χ2n) is 12.0. The van der Waals surface area contributed by atoms with Crippen molar-refractivity contribution >= 4 is 72.2 Å². The molecule has 7 heteroatoms. The SMILES string of the molecule is c1cc(-n2c3ccccc3n3c4ccccc4cc23)cc(-n2c3nc4ccccc4n3c3ccccc3n3c4ccccc4nc23)c1. The van der Waals surface area contributed by atoms with Crippen molar-refractivity contribution in [3.8, 4) is 11.4 Å². The molecular weight excluding hydrogens is 578 g/mol. The molecule has 220 valence electrons. The van der Waals surface area contributed by atoms with Gasteiger partial charge in [0.05, 0.1) is 55.3 Å². The van der Waals surface area contributed by atoms with E-state index in [0.717, 1.165) is 67.2 Å². The summed E-state index contributed by atoms with van der Waals surface area (Å²) in [6.07, 6.45) is 0. The van der Waals surface area contributed by atoms with Crippen LogP contribution in [0.1, 0.15) is 0 Å². The van der Waals surface area contributed by atoms with Crippen molar-refractivity contribution in [1.82, 2.24) is 32.3 Å². The Morgan fingerprint density at radius 3 is 1.43 bits per heavy atom. The number of rotatable bonds is 2. The first-order valence-corrected chi connectivity index (χ1v) is 15.8. The largest absolute Gasteiger partial charge is 0.294 e. The summed E-state index contributed by atoms with van der Waals surface area (Å²) in [6, 6.07) is 53.5. The van der Waals surface area contributed by atoms with Crippen LogP contribution in [0.4, 0.5) is 0 Å². The highest BCUT2D eigenvalue weighted by atomic mass is 15.3. The molecule has 0 unspecified atom stereocenters. The monoisotopic (exact) mass is 603 g/mol. The van der Waals surface area contributed by atoms with E-state index in [1.165, 1.54) is 16.4 Å². The van der Waals surface area contributed by atoms with Crippen LogP contribution in [0.25, 0.3) is 83.6 Å². The van der Waals surface area contributed by atoms with Gasteiger partial charge in [0.2, 0.25) is 11.6 Å². The van der Waals surface area contributed by atoms with Gasteiger partial charge in [-0.05, 0) is 78.9 Å². The second-order valence-corrected chi connectivity index (χ2v) is 12.0. The van der Waals surface area contributed by atoms with E-state index in [1.807, 2.05) is 12.1 Å². The lowest BCUT2D eigenvalue weighted by Crippen LogP contribution is -2.03. The first kappa shape index (κ1) is 24.7. The van der Waals surface area contributed by atoms with Gasteiger partial charge in [0, 0.05) is 11.1 Å². The van der Waals surface area contributed by atoms with Crippen LogP contribution in [0, 0.1) is 0 Å². The van der Waals surface area contributed by atoms with E-state index in [4.69, 9.17) is 9.97 Å². The molecule has 11 rings (SSSR count). The summed E-state index contributed by atoms with van der Waals surface area (Å²) in [5.74, 6) is 1.58. The minimum Gasteiger partial charge on any atom is -0.294 e. The molecule has 47 heavy (non-hydrogen) atoms. The summed E-state index contributed by atoms with van der Waals surface area (Å²) in [6.45, 7) is 0. The van der Waals surface area contributed by atoms with Crippen molar-refractivity contribution in [1.29, 1.82) is 0 Å². The maximum Gasteiger partial charge on any atom is 0.223 e. The van der Waals surface area contributed by atoms with Gasteiger partial charge in [-0.15, -0.1) is 0 Å². The van der Waals surface area contributed by atoms with E-state index < -0.39 is 0 Å². The predicted molar refractivity (Wildman–Crippen MR) is 190 cm³/mol. The number of nitrogens with zero attached hydrogens (tertiary/aromatic N) is 7. The third kappa shape index (κ3) is 3.24. The van der Waals surface area contributed by atoms with Crippen LogP contribution in [0.2, 0.25) is 0 Å². The summed E-state index contributed by atoms with van der Waals surface area (Å²) in [4.78, 5) is 10.6. The lowest BCUT2D eigenvalue weighted by molar-refractivity contribution is 1.02. The van der Waals surface area contributed by atoms with Gasteiger partial charge < -0.3 is 0 Å². The van der Waals surface area contributed by atoms with Gasteiger partial charge in [0.1, 0.15) is 5.65 Å². The molecule has 0 saturated heterocycles. The third-order valence-electron chi connectivity index (χ3n) is 9.48. The van der Waals surface area contributed by atoms with E-state index in [2.05, 4.69) is 162 Å². The first-order valence-electron chi connectivity index (χ1n) is 15.8. The predicted octanol–water partition coefficient (Wildman–Crippen LogP) is 9.14. The van der Waals surface area contributed by atoms with Gasteiger partial charge in [0.25, 0.3) is 0 Å². The second kappa shape index (κ2) is 8.99. The number of benzene rings is 6. The molecule has 0 atom stereocenters. The maximum absolute atomic E-state index is 5.28. The Bertz CT molecular complexity index is 2980. The van der Waals surface area contributed by atoms with Gasteiger partial charge in [-0.3, -0.25) is 17.8 Å². The average molecular weight is 604 g/mol. The van der Waals surface area contributed by atoms with Gasteiger partial charge in [0.15, 0.2) is 0 Å². The molecule has 0 aliphatic heterocycles. The standard InChI is InChI=1S/C40H25N7/c1-4-17-31-26(12-1)24-38-43(34-20-7-8-21-35(34)45(31)38)27-13-11-14-28(25-27)44-39-41-29-15-2-5-18-32(29)46(39)36-22-9-10-23-37(36)47-33-19-6-3-16-30(33)42-40(44)47/h1-25H. The van der Waals surface area contributed by atoms with Gasteiger partial charge >= 0.3 is 0 Å². The van der Waals surface area contributed by atoms with Gasteiger partial charge in [-0.25, -0.2) is 14.5 Å². The topological polar surface area (TPSA) is 48.9 Å². The number of imidazole rings is 3. The summed E-state index contributed by atoms with van der Waals surface area (Å²) >= 11 is 0. The van der Waals surface area contributed by atoms with Crippen molar-refractivity contribution in [3.05, 3.63) is 152 Å². The molecule has 0 N–H and O–H groups in total. The molecule has 7 nitrogen and oxygen atoms in total. The number of aromatic nitrogens is 7. The molecule has 5 heterocycles. The van der Waals surface area contributed by atoms with Crippen LogP contribution in [0.15, 0.2) is 152 Å². The van der Waals surface area contributed by atoms with Crippen LogP contribution < -0.4 is 0 Å². The molecule has 6 aromatic carbocycles. The summed E-state index contributed by atoms with van der Waals surface area (Å²) in [5, 5.41) is 1.21. The van der Waals surface area contributed by atoms with E-state index in [1.54, 1.807) is 0 Å². The number of para-hydroxylation sites is 9. The van der Waals surface area contributed by atoms with Crippen LogP contribution in [0.3, 0.4) is 0 Å². The minimum absolute atomic E-state index is 0.792. The molecule has 11 aromatic rings. The molecule has 0 spiro atoms. The zero-order valence-electron chi connectivity index (χ0n) is 25.1. The van der Waals surface area contributed by atoms with Crippen LogP contribution in [-0.2, 0) is 0 Å². The lowest BCUT2D eigenvalue weighted by atomic mass is 10.2. The molecule has 0 aliphatic carbocycles. The Balaban J connectivity index is 1.32. The van der Waals surface area contributed by atoms with Gasteiger partial charge in [-0.2, -0.15) is 0 Å². The number of fused-ring (bicyclic) bond motifs is 14. The number of hydrogen-bond donors (Lipinski definition) is 0. The molecule has 0 amide bonds. The Morgan fingerprint density at radius 2 is 0.809 bits per heavy atom. The highest BCUT2D eigenvalue weighted by Crippen LogP contribution is 2.33. The van der Waals surface area contributed by atoms with Crippen molar-refractivity contribution < 1.29 is 0 Å². The van der Waals surface area contributed by atoms with E-state index in [0.29, 0.717) is 0 Å². The molecule has 0 fully saturated rings. The van der Waals surface area contributed by atoms with E-state index >= 15 is 0 Å². The molecule has 0 aliphatic rings. The third-order valence-corrected chi connectivity index (χ3v) is 9.48. The average Bonchev–Trinajstić information content (AvgIpc) is 3.85. The zero-order chi connectivity index (χ0) is 30.6. The minimum atomic E-state index is 0.792.